The molecule has 1 atom stereocenters. The first-order valence-corrected chi connectivity index (χ1v) is 7.34. The van der Waals surface area contributed by atoms with Gasteiger partial charge >= 0.3 is 0 Å². The molecule has 0 aliphatic carbocycles. The molecule has 0 saturated carbocycles. The summed E-state index contributed by atoms with van der Waals surface area (Å²) < 4.78 is 6.40. The van der Waals surface area contributed by atoms with Gasteiger partial charge in [-0.2, -0.15) is 0 Å². The SMILES string of the molecule is CCCC(Br)CCc1cc(OC)ccc1Br. The van der Waals surface area contributed by atoms with Gasteiger partial charge in [-0.05, 0) is 43.0 Å². The van der Waals surface area contributed by atoms with Crippen molar-refractivity contribution >= 4 is 31.9 Å². The van der Waals surface area contributed by atoms with Gasteiger partial charge in [-0.3, -0.25) is 0 Å². The van der Waals surface area contributed by atoms with Crippen molar-refractivity contribution < 1.29 is 4.74 Å². The van der Waals surface area contributed by atoms with Gasteiger partial charge in [0.15, 0.2) is 0 Å². The number of alkyl halides is 1. The summed E-state index contributed by atoms with van der Waals surface area (Å²) in [5, 5.41) is 0. The number of hydrogen-bond acceptors (Lipinski definition) is 1. The zero-order chi connectivity index (χ0) is 12.0. The molecule has 1 rings (SSSR count). The third kappa shape index (κ3) is 4.46. The summed E-state index contributed by atoms with van der Waals surface area (Å²) in [6.45, 7) is 2.22. The van der Waals surface area contributed by atoms with Crippen LogP contribution in [0.3, 0.4) is 0 Å². The van der Waals surface area contributed by atoms with Crippen LogP contribution in [0.25, 0.3) is 0 Å². The van der Waals surface area contributed by atoms with Gasteiger partial charge < -0.3 is 4.74 Å². The molecule has 0 aliphatic rings. The van der Waals surface area contributed by atoms with E-state index in [-0.39, 0.29) is 0 Å². The Balaban J connectivity index is 2.58. The Labute approximate surface area is 115 Å². The Hall–Kier alpha value is -0.0200. The van der Waals surface area contributed by atoms with E-state index in [9.17, 15) is 0 Å². The molecule has 0 radical (unpaired) electrons. The first-order chi connectivity index (χ1) is 7.67. The van der Waals surface area contributed by atoms with E-state index in [1.54, 1.807) is 7.11 Å². The van der Waals surface area contributed by atoms with Gasteiger partial charge in [0.2, 0.25) is 0 Å². The van der Waals surface area contributed by atoms with Gasteiger partial charge in [0.25, 0.3) is 0 Å². The van der Waals surface area contributed by atoms with Crippen LogP contribution in [-0.4, -0.2) is 11.9 Å². The summed E-state index contributed by atoms with van der Waals surface area (Å²) in [4.78, 5) is 0.621. The lowest BCUT2D eigenvalue weighted by atomic mass is 10.1. The standard InChI is InChI=1S/C13H18Br2O/c1-3-4-11(14)6-5-10-9-12(16-2)7-8-13(10)15/h7-9,11H,3-6H2,1-2H3. The fraction of sp³-hybridized carbons (Fsp3) is 0.538. The average Bonchev–Trinajstić information content (AvgIpc) is 2.28. The van der Waals surface area contributed by atoms with Gasteiger partial charge in [-0.15, -0.1) is 0 Å². The summed E-state index contributed by atoms with van der Waals surface area (Å²) in [7, 11) is 1.71. The third-order valence-corrected chi connectivity index (χ3v) is 4.27. The van der Waals surface area contributed by atoms with Crippen LogP contribution in [0.2, 0.25) is 0 Å². The number of hydrogen-bond donors (Lipinski definition) is 0. The van der Waals surface area contributed by atoms with Gasteiger partial charge in [-0.25, -0.2) is 0 Å². The predicted molar refractivity (Wildman–Crippen MR) is 76.6 cm³/mol. The zero-order valence-corrected chi connectivity index (χ0v) is 13.0. The second-order valence-corrected chi connectivity index (χ2v) is 6.03. The summed E-state index contributed by atoms with van der Waals surface area (Å²) in [6, 6.07) is 6.14. The van der Waals surface area contributed by atoms with Crippen molar-refractivity contribution in [1.82, 2.24) is 0 Å². The van der Waals surface area contributed by atoms with Crippen LogP contribution < -0.4 is 4.74 Å². The molecule has 0 spiro atoms. The Morgan fingerprint density at radius 1 is 1.31 bits per heavy atom. The van der Waals surface area contributed by atoms with E-state index in [1.807, 2.05) is 6.07 Å². The maximum Gasteiger partial charge on any atom is 0.119 e. The average molecular weight is 350 g/mol. The van der Waals surface area contributed by atoms with Crippen molar-refractivity contribution in [3.05, 3.63) is 28.2 Å². The van der Waals surface area contributed by atoms with Crippen molar-refractivity contribution in [3.63, 3.8) is 0 Å². The van der Waals surface area contributed by atoms with E-state index in [0.717, 1.165) is 12.2 Å². The summed E-state index contributed by atoms with van der Waals surface area (Å²) in [6.07, 6.45) is 4.71. The fourth-order valence-corrected chi connectivity index (χ4v) is 2.77. The lowest BCUT2D eigenvalue weighted by Gasteiger charge is -2.10. The molecule has 90 valence electrons. The molecular formula is C13H18Br2O. The molecule has 1 nitrogen and oxygen atoms in total. The summed E-state index contributed by atoms with van der Waals surface area (Å²) in [5.41, 5.74) is 1.32. The van der Waals surface area contributed by atoms with Crippen LogP contribution in [-0.2, 0) is 6.42 Å². The van der Waals surface area contributed by atoms with Crippen LogP contribution in [0.5, 0.6) is 5.75 Å². The Morgan fingerprint density at radius 2 is 2.06 bits per heavy atom. The summed E-state index contributed by atoms with van der Waals surface area (Å²) in [5.74, 6) is 0.930. The molecule has 0 heterocycles. The number of ether oxygens (including phenoxy) is 1. The highest BCUT2D eigenvalue weighted by molar-refractivity contribution is 9.10. The van der Waals surface area contributed by atoms with E-state index in [0.29, 0.717) is 4.83 Å². The van der Waals surface area contributed by atoms with E-state index < -0.39 is 0 Å². The third-order valence-electron chi connectivity index (χ3n) is 2.58. The minimum atomic E-state index is 0.621. The number of methoxy groups -OCH3 is 1. The highest BCUT2D eigenvalue weighted by Gasteiger charge is 2.06. The largest absolute Gasteiger partial charge is 0.497 e. The van der Waals surface area contributed by atoms with Crippen LogP contribution in [0.1, 0.15) is 31.7 Å². The number of rotatable bonds is 6. The van der Waals surface area contributed by atoms with Crippen molar-refractivity contribution in [3.8, 4) is 5.75 Å². The maximum absolute atomic E-state index is 5.23. The van der Waals surface area contributed by atoms with Crippen LogP contribution in [0, 0.1) is 0 Å². The normalized spacial score (nSPS) is 12.5. The first-order valence-electron chi connectivity index (χ1n) is 5.63. The summed E-state index contributed by atoms with van der Waals surface area (Å²) >= 11 is 7.29. The predicted octanol–water partition coefficient (Wildman–Crippen LogP) is 4.95. The Bertz CT molecular complexity index is 326. The number of aryl methyl sites for hydroxylation is 1. The lowest BCUT2D eigenvalue weighted by molar-refractivity contribution is 0.414. The molecule has 16 heavy (non-hydrogen) atoms. The van der Waals surface area contributed by atoms with Crippen molar-refractivity contribution in [2.45, 2.75) is 37.4 Å². The molecule has 0 saturated heterocycles. The number of benzene rings is 1. The van der Waals surface area contributed by atoms with Crippen LogP contribution in [0.4, 0.5) is 0 Å². The number of halogens is 2. The monoisotopic (exact) mass is 348 g/mol. The smallest absolute Gasteiger partial charge is 0.119 e. The highest BCUT2D eigenvalue weighted by atomic mass is 79.9. The molecule has 0 aliphatic heterocycles. The fourth-order valence-electron chi connectivity index (χ4n) is 1.64. The first kappa shape index (κ1) is 14.0. The molecule has 0 fully saturated rings. The van der Waals surface area contributed by atoms with Gasteiger partial charge in [0, 0.05) is 9.30 Å². The molecule has 1 aromatic rings. The van der Waals surface area contributed by atoms with Gasteiger partial charge in [0.05, 0.1) is 7.11 Å². The van der Waals surface area contributed by atoms with Gasteiger partial charge in [0.1, 0.15) is 5.75 Å². The molecule has 0 amide bonds. The van der Waals surface area contributed by atoms with E-state index in [4.69, 9.17) is 4.74 Å². The highest BCUT2D eigenvalue weighted by Crippen LogP contribution is 2.25. The lowest BCUT2D eigenvalue weighted by Crippen LogP contribution is -2.00. The molecule has 3 heteroatoms. The molecule has 0 N–H and O–H groups in total. The Morgan fingerprint density at radius 3 is 2.69 bits per heavy atom. The van der Waals surface area contributed by atoms with Gasteiger partial charge in [-0.1, -0.05) is 45.2 Å². The molecule has 1 unspecified atom stereocenters. The topological polar surface area (TPSA) is 9.23 Å². The van der Waals surface area contributed by atoms with Crippen LogP contribution in [0.15, 0.2) is 22.7 Å². The minimum absolute atomic E-state index is 0.621. The van der Waals surface area contributed by atoms with E-state index >= 15 is 0 Å². The molecular weight excluding hydrogens is 332 g/mol. The zero-order valence-electron chi connectivity index (χ0n) is 9.80. The van der Waals surface area contributed by atoms with E-state index in [1.165, 1.54) is 29.3 Å². The van der Waals surface area contributed by atoms with Crippen molar-refractivity contribution in [2.24, 2.45) is 0 Å². The van der Waals surface area contributed by atoms with Crippen molar-refractivity contribution in [2.75, 3.05) is 7.11 Å². The maximum atomic E-state index is 5.23. The second kappa shape index (κ2) is 7.33. The molecule has 0 bridgehead atoms. The molecule has 1 aromatic carbocycles. The minimum Gasteiger partial charge on any atom is -0.497 e. The van der Waals surface area contributed by atoms with E-state index in [2.05, 4.69) is 50.9 Å². The molecule has 0 aromatic heterocycles. The quantitative estimate of drug-likeness (QED) is 0.660. The Kier molecular flexibility index (Phi) is 6.44. The van der Waals surface area contributed by atoms with Crippen LogP contribution >= 0.6 is 31.9 Å². The second-order valence-electron chi connectivity index (χ2n) is 3.88. The van der Waals surface area contributed by atoms with Crippen molar-refractivity contribution in [1.29, 1.82) is 0 Å².